The van der Waals surface area contributed by atoms with E-state index in [1.165, 1.54) is 22.3 Å². The molecule has 0 aliphatic carbocycles. The van der Waals surface area contributed by atoms with Crippen molar-refractivity contribution in [3.63, 3.8) is 0 Å². The number of aromatic nitrogens is 3. The molecular formula is C25H33N5. The predicted octanol–water partition coefficient (Wildman–Crippen LogP) is 3.81. The van der Waals surface area contributed by atoms with E-state index < -0.39 is 0 Å². The smallest absolute Gasteiger partial charge is 0.158 e. The number of nitrogens with one attached hydrogen (secondary N) is 1. The summed E-state index contributed by atoms with van der Waals surface area (Å²) in [4.78, 5) is 7.33. The van der Waals surface area contributed by atoms with Crippen LogP contribution in [0.4, 0.5) is 0 Å². The Hall–Kier alpha value is -2.50. The van der Waals surface area contributed by atoms with Crippen LogP contribution >= 0.6 is 0 Å². The zero-order valence-corrected chi connectivity index (χ0v) is 18.7. The first-order chi connectivity index (χ1) is 14.5. The van der Waals surface area contributed by atoms with Gasteiger partial charge in [-0.25, -0.2) is 9.50 Å². The summed E-state index contributed by atoms with van der Waals surface area (Å²) < 4.78 is 1.95. The number of aryl methyl sites for hydroxylation is 3. The van der Waals surface area contributed by atoms with Crippen molar-refractivity contribution in [1.82, 2.24) is 24.8 Å². The van der Waals surface area contributed by atoms with Gasteiger partial charge in [-0.15, -0.1) is 0 Å². The fraction of sp³-hybridized carbons (Fsp3) is 0.440. The van der Waals surface area contributed by atoms with Gasteiger partial charge < -0.3 is 5.32 Å². The molecule has 3 aromatic rings. The lowest BCUT2D eigenvalue weighted by Gasteiger charge is -2.30. The van der Waals surface area contributed by atoms with Crippen LogP contribution in [0.15, 0.2) is 36.5 Å². The summed E-state index contributed by atoms with van der Waals surface area (Å²) in [6.07, 6.45) is 8.39. The third-order valence-electron chi connectivity index (χ3n) is 6.05. The van der Waals surface area contributed by atoms with Crippen LogP contribution in [0, 0.1) is 13.8 Å². The van der Waals surface area contributed by atoms with Gasteiger partial charge in [0.15, 0.2) is 5.65 Å². The van der Waals surface area contributed by atoms with Crippen molar-refractivity contribution in [2.45, 2.75) is 46.6 Å². The molecule has 1 N–H and O–H groups in total. The van der Waals surface area contributed by atoms with Crippen LogP contribution in [0.3, 0.4) is 0 Å². The Bertz CT molecular complexity index is 1030. The number of benzene rings is 1. The Morgan fingerprint density at radius 3 is 2.73 bits per heavy atom. The van der Waals surface area contributed by atoms with E-state index in [4.69, 9.17) is 10.1 Å². The van der Waals surface area contributed by atoms with Gasteiger partial charge in [-0.3, -0.25) is 4.90 Å². The molecule has 0 spiro atoms. The fourth-order valence-electron chi connectivity index (χ4n) is 4.17. The van der Waals surface area contributed by atoms with Crippen molar-refractivity contribution >= 4 is 11.7 Å². The third-order valence-corrected chi connectivity index (χ3v) is 6.05. The zero-order valence-electron chi connectivity index (χ0n) is 18.7. The number of piperazine rings is 1. The molecular weight excluding hydrogens is 370 g/mol. The average molecular weight is 404 g/mol. The lowest BCUT2D eigenvalue weighted by Crippen LogP contribution is -2.49. The molecule has 0 bridgehead atoms. The highest BCUT2D eigenvalue weighted by atomic mass is 15.3. The van der Waals surface area contributed by atoms with Crippen molar-refractivity contribution in [1.29, 1.82) is 0 Å². The Morgan fingerprint density at radius 1 is 1.20 bits per heavy atom. The predicted molar refractivity (Wildman–Crippen MR) is 124 cm³/mol. The van der Waals surface area contributed by atoms with Gasteiger partial charge in [0.05, 0.1) is 5.69 Å². The topological polar surface area (TPSA) is 45.5 Å². The molecule has 1 aliphatic heterocycles. The largest absolute Gasteiger partial charge is 0.312 e. The molecule has 1 aliphatic rings. The molecule has 2 aromatic heterocycles. The number of fused-ring (bicyclic) bond motifs is 1. The summed E-state index contributed by atoms with van der Waals surface area (Å²) in [6, 6.07) is 9.48. The number of nitrogens with zero attached hydrogens (tertiary/aromatic N) is 4. The Kier molecular flexibility index (Phi) is 6.30. The summed E-state index contributed by atoms with van der Waals surface area (Å²) in [7, 11) is 0. The van der Waals surface area contributed by atoms with Gasteiger partial charge in [-0.2, -0.15) is 5.10 Å². The van der Waals surface area contributed by atoms with Gasteiger partial charge in [0.25, 0.3) is 0 Å². The van der Waals surface area contributed by atoms with Gasteiger partial charge in [-0.05, 0) is 43.9 Å². The molecule has 1 saturated heterocycles. The van der Waals surface area contributed by atoms with Crippen LogP contribution in [-0.2, 0) is 12.8 Å². The van der Waals surface area contributed by atoms with E-state index in [-0.39, 0.29) is 0 Å². The first-order valence-electron chi connectivity index (χ1n) is 11.1. The quantitative estimate of drug-likeness (QED) is 0.680. The Morgan fingerprint density at radius 2 is 2.00 bits per heavy atom. The Balaban J connectivity index is 1.46. The van der Waals surface area contributed by atoms with Gasteiger partial charge in [-0.1, -0.05) is 43.3 Å². The molecule has 4 rings (SSSR count). The summed E-state index contributed by atoms with van der Waals surface area (Å²) in [5.74, 6) is 0. The van der Waals surface area contributed by atoms with Gasteiger partial charge in [0.2, 0.25) is 0 Å². The molecule has 1 unspecified atom stereocenters. The molecule has 0 saturated carbocycles. The second kappa shape index (κ2) is 9.11. The minimum Gasteiger partial charge on any atom is -0.312 e. The molecule has 3 heterocycles. The highest BCUT2D eigenvalue weighted by Gasteiger charge is 2.15. The van der Waals surface area contributed by atoms with E-state index in [0.29, 0.717) is 6.04 Å². The molecule has 158 valence electrons. The highest BCUT2D eigenvalue weighted by Crippen LogP contribution is 2.21. The Labute approximate surface area is 179 Å². The van der Waals surface area contributed by atoms with Crippen molar-refractivity contribution in [3.8, 4) is 0 Å². The van der Waals surface area contributed by atoms with Gasteiger partial charge in [0.1, 0.15) is 0 Å². The lowest BCUT2D eigenvalue weighted by molar-refractivity contribution is 0.227. The van der Waals surface area contributed by atoms with Crippen molar-refractivity contribution in [2.75, 3.05) is 26.2 Å². The van der Waals surface area contributed by atoms with Crippen LogP contribution in [-0.4, -0.2) is 51.7 Å². The summed E-state index contributed by atoms with van der Waals surface area (Å²) in [6.45, 7) is 12.9. The average Bonchev–Trinajstić information content (AvgIpc) is 3.06. The van der Waals surface area contributed by atoms with E-state index in [1.54, 1.807) is 0 Å². The second-order valence-electron chi connectivity index (χ2n) is 8.49. The normalized spacial score (nSPS) is 17.9. The number of rotatable bonds is 6. The molecule has 30 heavy (non-hydrogen) atoms. The standard InChI is InChI=1S/C25H33N5/c1-5-24-23(25-27-20(4)18(2)16-30(25)28-24)15-22-10-8-21(9-11-22)7-6-13-29-14-12-26-19(3)17-29/h6-11,16,19,26H,5,12-15,17H2,1-4H3. The number of hydrogen-bond donors (Lipinski definition) is 1. The molecule has 0 amide bonds. The zero-order chi connectivity index (χ0) is 21.1. The fourth-order valence-corrected chi connectivity index (χ4v) is 4.17. The van der Waals surface area contributed by atoms with Crippen LogP contribution in [0.5, 0.6) is 0 Å². The molecule has 0 radical (unpaired) electrons. The van der Waals surface area contributed by atoms with Crippen LogP contribution < -0.4 is 5.32 Å². The van der Waals surface area contributed by atoms with E-state index in [9.17, 15) is 0 Å². The maximum absolute atomic E-state index is 4.83. The van der Waals surface area contributed by atoms with E-state index in [0.717, 1.165) is 56.1 Å². The first-order valence-corrected chi connectivity index (χ1v) is 11.1. The highest BCUT2D eigenvalue weighted by molar-refractivity contribution is 5.55. The summed E-state index contributed by atoms with van der Waals surface area (Å²) in [5.41, 5.74) is 8.17. The van der Waals surface area contributed by atoms with Crippen LogP contribution in [0.2, 0.25) is 0 Å². The summed E-state index contributed by atoms with van der Waals surface area (Å²) >= 11 is 0. The third kappa shape index (κ3) is 4.63. The van der Waals surface area contributed by atoms with Crippen molar-refractivity contribution in [2.24, 2.45) is 0 Å². The van der Waals surface area contributed by atoms with Crippen molar-refractivity contribution < 1.29 is 0 Å². The molecule has 5 heteroatoms. The van der Waals surface area contributed by atoms with E-state index in [1.807, 2.05) is 4.52 Å². The van der Waals surface area contributed by atoms with Crippen LogP contribution in [0.25, 0.3) is 11.7 Å². The number of hydrogen-bond acceptors (Lipinski definition) is 4. The molecule has 5 nitrogen and oxygen atoms in total. The van der Waals surface area contributed by atoms with Gasteiger partial charge >= 0.3 is 0 Å². The maximum atomic E-state index is 4.83. The second-order valence-corrected chi connectivity index (χ2v) is 8.49. The van der Waals surface area contributed by atoms with Gasteiger partial charge in [0, 0.05) is 56.1 Å². The van der Waals surface area contributed by atoms with E-state index >= 15 is 0 Å². The molecule has 1 aromatic carbocycles. The molecule has 1 atom stereocenters. The van der Waals surface area contributed by atoms with Crippen molar-refractivity contribution in [3.05, 3.63) is 70.2 Å². The first kappa shape index (κ1) is 20.8. The summed E-state index contributed by atoms with van der Waals surface area (Å²) in [5, 5.41) is 8.26. The minimum absolute atomic E-state index is 0.585. The lowest BCUT2D eigenvalue weighted by atomic mass is 10.0. The SMILES string of the molecule is CCc1nn2cc(C)c(C)nc2c1Cc1ccc(C=CCN2CCNC(C)C2)cc1. The van der Waals surface area contributed by atoms with E-state index in [2.05, 4.69) is 80.5 Å². The minimum atomic E-state index is 0.585. The molecule has 1 fully saturated rings. The maximum Gasteiger partial charge on any atom is 0.158 e. The van der Waals surface area contributed by atoms with Crippen LogP contribution in [0.1, 0.15) is 47.5 Å². The monoisotopic (exact) mass is 403 g/mol.